The average Bonchev–Trinajstić information content (AvgIpc) is 3.50. The second-order valence-electron chi connectivity index (χ2n) is 7.50. The van der Waals surface area contributed by atoms with Crippen molar-refractivity contribution in [2.45, 2.75) is 33.4 Å². The molecule has 0 unspecified atom stereocenters. The van der Waals surface area contributed by atoms with Crippen molar-refractivity contribution in [3.8, 4) is 23.4 Å². The van der Waals surface area contributed by atoms with E-state index in [1.54, 1.807) is 34.6 Å². The third kappa shape index (κ3) is 9.40. The zero-order chi connectivity index (χ0) is 28.1. The van der Waals surface area contributed by atoms with E-state index in [9.17, 15) is 18.0 Å². The van der Waals surface area contributed by atoms with Crippen molar-refractivity contribution in [1.29, 1.82) is 0 Å². The predicted molar refractivity (Wildman–Crippen MR) is 143 cm³/mol. The summed E-state index contributed by atoms with van der Waals surface area (Å²) in [5.74, 6) is 0.584. The Labute approximate surface area is 226 Å². The van der Waals surface area contributed by atoms with Crippen LogP contribution in [0.15, 0.2) is 28.9 Å². The van der Waals surface area contributed by atoms with Crippen LogP contribution in [0.2, 0.25) is 0 Å². The van der Waals surface area contributed by atoms with Crippen molar-refractivity contribution in [2.75, 3.05) is 31.6 Å². The van der Waals surface area contributed by atoms with Crippen LogP contribution in [0.3, 0.4) is 0 Å². The molecule has 1 aliphatic rings. The highest BCUT2D eigenvalue weighted by Crippen LogP contribution is 2.32. The molecule has 1 aliphatic heterocycles. The quantitative estimate of drug-likeness (QED) is 0.233. The fraction of sp³-hybridized carbons (Fsp3) is 0.375. The van der Waals surface area contributed by atoms with Crippen molar-refractivity contribution >= 4 is 45.2 Å². The molecule has 14 heteroatoms. The number of pyridine rings is 1. The number of carbonyl (C=O) groups excluding carboxylic acids is 1. The summed E-state index contributed by atoms with van der Waals surface area (Å²) in [6, 6.07) is 3.56. The second kappa shape index (κ2) is 15.7. The highest BCUT2D eigenvalue weighted by atomic mass is 32.1. The van der Waals surface area contributed by atoms with Crippen molar-refractivity contribution in [3.05, 3.63) is 40.0 Å². The van der Waals surface area contributed by atoms with Gasteiger partial charge in [-0.15, -0.1) is 35.5 Å². The number of nitrogens with zero attached hydrogens (tertiary/aromatic N) is 5. The summed E-state index contributed by atoms with van der Waals surface area (Å²) in [5.41, 5.74) is 3.34. The molecule has 1 saturated heterocycles. The van der Waals surface area contributed by atoms with Crippen molar-refractivity contribution in [3.63, 3.8) is 0 Å². The SMILES string of the molecule is C#C.Cc1nc(C)c(-c2csc(Nc3ccc(C(=O)N4CCC(=NOCCO)CC4)cn3)n2)s1.FC(F)F. The molecule has 4 heterocycles. The monoisotopic (exact) mass is 568 g/mol. The minimum atomic E-state index is -3.67. The summed E-state index contributed by atoms with van der Waals surface area (Å²) < 4.78 is 29.0. The van der Waals surface area contributed by atoms with Gasteiger partial charge in [-0.2, -0.15) is 13.2 Å². The molecule has 0 saturated carbocycles. The number of carbonyl (C=O) groups is 1. The summed E-state index contributed by atoms with van der Waals surface area (Å²) in [5, 5.41) is 19.7. The largest absolute Gasteiger partial charge is 0.393 e. The number of nitrogens with one attached hydrogen (secondary N) is 1. The number of alkyl halides is 3. The molecule has 0 atom stereocenters. The lowest BCUT2D eigenvalue weighted by Gasteiger charge is -2.27. The molecular weight excluding hydrogens is 541 g/mol. The lowest BCUT2D eigenvalue weighted by Crippen LogP contribution is -2.38. The number of piperidine rings is 1. The van der Waals surface area contributed by atoms with Gasteiger partial charge in [0.05, 0.1) is 39.2 Å². The number of aliphatic hydroxyl groups excluding tert-OH is 1. The smallest absolute Gasteiger partial charge is 0.379 e. The first-order valence-corrected chi connectivity index (χ1v) is 12.9. The van der Waals surface area contributed by atoms with Gasteiger partial charge in [0.1, 0.15) is 12.4 Å². The zero-order valence-electron chi connectivity index (χ0n) is 20.7. The van der Waals surface area contributed by atoms with E-state index in [1.807, 2.05) is 19.2 Å². The summed E-state index contributed by atoms with van der Waals surface area (Å²) >= 11 is 3.14. The third-order valence-electron chi connectivity index (χ3n) is 4.89. The molecule has 204 valence electrons. The predicted octanol–water partition coefficient (Wildman–Crippen LogP) is 5.05. The lowest BCUT2D eigenvalue weighted by molar-refractivity contribution is 0.00818. The first-order chi connectivity index (χ1) is 18.3. The van der Waals surface area contributed by atoms with Crippen molar-refractivity contribution in [2.24, 2.45) is 5.16 Å². The molecule has 0 bridgehead atoms. The topological polar surface area (TPSA) is 113 Å². The van der Waals surface area contributed by atoms with Crippen LogP contribution in [0.25, 0.3) is 10.6 Å². The Kier molecular flexibility index (Phi) is 12.6. The molecule has 38 heavy (non-hydrogen) atoms. The summed E-state index contributed by atoms with van der Waals surface area (Å²) in [7, 11) is 0. The Balaban J connectivity index is 0.000000773. The molecule has 1 amide bonds. The summed E-state index contributed by atoms with van der Waals surface area (Å²) in [6.07, 6.45) is 10.9. The Morgan fingerprint density at radius 2 is 1.92 bits per heavy atom. The van der Waals surface area contributed by atoms with Crippen molar-refractivity contribution in [1.82, 2.24) is 19.9 Å². The van der Waals surface area contributed by atoms with Crippen LogP contribution < -0.4 is 5.32 Å². The lowest BCUT2D eigenvalue weighted by atomic mass is 10.1. The van der Waals surface area contributed by atoms with Gasteiger partial charge < -0.3 is 20.2 Å². The first kappa shape index (κ1) is 30.7. The standard InChI is InChI=1S/C21H24N6O3S2.C2H2.CHF3/c1-13-19(32-14(2)23-13)17-12-31-21(24-17)25-18-4-3-15(11-22-18)20(29)27-7-5-16(6-8-27)26-30-10-9-28;1-2;2-1(3)4/h3-4,11-12,28H,5-10H2,1-2H3,(H,22,24,25);1-2H;1H. The Bertz CT molecular complexity index is 1200. The van der Waals surface area contributed by atoms with Crippen molar-refractivity contribution < 1.29 is 27.9 Å². The van der Waals surface area contributed by atoms with Gasteiger partial charge in [-0.3, -0.25) is 4.79 Å². The highest BCUT2D eigenvalue weighted by Gasteiger charge is 2.22. The van der Waals surface area contributed by atoms with E-state index in [1.165, 1.54) is 11.3 Å². The first-order valence-electron chi connectivity index (χ1n) is 11.2. The summed E-state index contributed by atoms with van der Waals surface area (Å²) in [4.78, 5) is 34.1. The van der Waals surface area contributed by atoms with E-state index in [0.717, 1.165) is 32.1 Å². The second-order valence-corrected chi connectivity index (χ2v) is 9.56. The molecule has 1 fully saturated rings. The number of amides is 1. The molecular formula is C24H27F3N6O3S2. The van der Waals surface area contributed by atoms with Gasteiger partial charge in [-0.1, -0.05) is 5.16 Å². The number of anilines is 2. The number of likely N-dealkylation sites (tertiary alicyclic amines) is 1. The minimum absolute atomic E-state index is 0.0491. The normalized spacial score (nSPS) is 12.7. The number of hydrogen-bond acceptors (Lipinski definition) is 10. The number of aliphatic hydroxyl groups is 1. The highest BCUT2D eigenvalue weighted by molar-refractivity contribution is 7.16. The fourth-order valence-electron chi connectivity index (χ4n) is 3.33. The molecule has 3 aromatic rings. The molecule has 0 aromatic carbocycles. The maximum absolute atomic E-state index is 12.8. The number of rotatable bonds is 7. The van der Waals surface area contributed by atoms with Gasteiger partial charge >= 0.3 is 6.68 Å². The van der Waals surface area contributed by atoms with E-state index in [-0.39, 0.29) is 19.1 Å². The van der Waals surface area contributed by atoms with Gasteiger partial charge in [0.2, 0.25) is 0 Å². The van der Waals surface area contributed by atoms with Gasteiger partial charge in [-0.05, 0) is 26.0 Å². The van der Waals surface area contributed by atoms with Crippen LogP contribution in [0.5, 0.6) is 0 Å². The number of halogens is 3. The van der Waals surface area contributed by atoms with Gasteiger partial charge in [0.15, 0.2) is 5.13 Å². The maximum atomic E-state index is 12.8. The van der Waals surface area contributed by atoms with E-state index in [2.05, 4.69) is 38.3 Å². The van der Waals surface area contributed by atoms with Crippen LogP contribution in [0.1, 0.15) is 33.9 Å². The molecule has 4 rings (SSSR count). The average molecular weight is 569 g/mol. The molecule has 0 aliphatic carbocycles. The van der Waals surface area contributed by atoms with E-state index < -0.39 is 6.68 Å². The number of hydrogen-bond donors (Lipinski definition) is 2. The van der Waals surface area contributed by atoms with Gasteiger partial charge in [0.25, 0.3) is 5.91 Å². The fourth-order valence-corrected chi connectivity index (χ4v) is 4.99. The van der Waals surface area contributed by atoms with Crippen LogP contribution >= 0.6 is 22.7 Å². The van der Waals surface area contributed by atoms with E-state index in [0.29, 0.717) is 37.3 Å². The number of aryl methyl sites for hydroxylation is 2. The summed E-state index contributed by atoms with van der Waals surface area (Å²) in [6.45, 7) is 1.60. The molecule has 0 spiro atoms. The van der Waals surface area contributed by atoms with Gasteiger partial charge in [-0.25, -0.2) is 15.0 Å². The van der Waals surface area contributed by atoms with Crippen LogP contribution in [-0.2, 0) is 4.84 Å². The number of terminal acetylenes is 1. The molecule has 0 radical (unpaired) electrons. The third-order valence-corrected chi connectivity index (χ3v) is 6.74. The molecule has 3 aromatic heterocycles. The minimum Gasteiger partial charge on any atom is -0.393 e. The number of aromatic nitrogens is 3. The molecule has 2 N–H and O–H groups in total. The number of thiazole rings is 2. The van der Waals surface area contributed by atoms with Gasteiger partial charge in [0, 0.05) is 37.5 Å². The number of oxime groups is 1. The van der Waals surface area contributed by atoms with Crippen LogP contribution in [0.4, 0.5) is 24.1 Å². The maximum Gasteiger partial charge on any atom is 0.379 e. The van der Waals surface area contributed by atoms with Crippen LogP contribution in [0, 0.1) is 26.7 Å². The zero-order valence-corrected chi connectivity index (χ0v) is 22.4. The van der Waals surface area contributed by atoms with E-state index >= 15 is 0 Å². The Morgan fingerprint density at radius 1 is 1.24 bits per heavy atom. The van der Waals surface area contributed by atoms with E-state index in [4.69, 9.17) is 9.94 Å². The Morgan fingerprint density at radius 3 is 2.47 bits per heavy atom. The Hall–Kier alpha value is -3.54. The molecule has 9 nitrogen and oxygen atoms in total. The van der Waals surface area contributed by atoms with Crippen LogP contribution in [-0.4, -0.2) is 69.6 Å².